The minimum absolute atomic E-state index is 0.00816. The van der Waals surface area contributed by atoms with E-state index in [-0.39, 0.29) is 11.9 Å². The fourth-order valence-corrected chi connectivity index (χ4v) is 3.70. The monoisotopic (exact) mass is 342 g/mol. The Hall–Kier alpha value is -2.41. The van der Waals surface area contributed by atoms with Crippen molar-refractivity contribution < 1.29 is 9.21 Å². The van der Waals surface area contributed by atoms with E-state index in [9.17, 15) is 4.79 Å². The van der Waals surface area contributed by atoms with Crippen molar-refractivity contribution in [1.82, 2.24) is 19.7 Å². The van der Waals surface area contributed by atoms with Crippen LogP contribution in [-0.2, 0) is 0 Å². The summed E-state index contributed by atoms with van der Waals surface area (Å²) in [5, 5.41) is 7.23. The van der Waals surface area contributed by atoms with Gasteiger partial charge >= 0.3 is 0 Å². The Labute approximate surface area is 143 Å². The lowest BCUT2D eigenvalue weighted by atomic mass is 10.1. The summed E-state index contributed by atoms with van der Waals surface area (Å²) >= 11 is 1.57. The van der Waals surface area contributed by atoms with Gasteiger partial charge in [-0.05, 0) is 31.9 Å². The van der Waals surface area contributed by atoms with Crippen molar-refractivity contribution in [3.8, 4) is 11.5 Å². The molecule has 0 aromatic carbocycles. The molecule has 1 amide bonds. The van der Waals surface area contributed by atoms with Crippen molar-refractivity contribution in [2.45, 2.75) is 25.8 Å². The predicted octanol–water partition coefficient (Wildman–Crippen LogP) is 3.39. The van der Waals surface area contributed by atoms with Crippen molar-refractivity contribution in [3.63, 3.8) is 0 Å². The van der Waals surface area contributed by atoms with Crippen LogP contribution < -0.4 is 0 Å². The Morgan fingerprint density at radius 1 is 1.46 bits per heavy atom. The molecule has 1 saturated heterocycles. The van der Waals surface area contributed by atoms with Gasteiger partial charge in [0.05, 0.1) is 16.6 Å². The zero-order chi connectivity index (χ0) is 16.5. The molecule has 7 heteroatoms. The molecule has 6 nitrogen and oxygen atoms in total. The average molecular weight is 342 g/mol. The van der Waals surface area contributed by atoms with Gasteiger partial charge in [-0.1, -0.05) is 0 Å². The maximum absolute atomic E-state index is 12.8. The van der Waals surface area contributed by atoms with E-state index in [1.165, 1.54) is 6.26 Å². The van der Waals surface area contributed by atoms with Crippen LogP contribution in [0.5, 0.6) is 0 Å². The van der Waals surface area contributed by atoms with E-state index in [4.69, 9.17) is 4.42 Å². The van der Waals surface area contributed by atoms with E-state index < -0.39 is 0 Å². The summed E-state index contributed by atoms with van der Waals surface area (Å²) in [5.41, 5.74) is 1.36. The van der Waals surface area contributed by atoms with Crippen LogP contribution in [0.3, 0.4) is 0 Å². The highest BCUT2D eigenvalue weighted by Gasteiger charge is 2.26. The Bertz CT molecular complexity index is 837. The maximum atomic E-state index is 12.8. The first kappa shape index (κ1) is 15.1. The molecule has 0 radical (unpaired) electrons. The number of nitrogens with zero attached hydrogens (tertiary/aromatic N) is 4. The molecule has 1 fully saturated rings. The number of piperidine rings is 1. The molecule has 3 aromatic rings. The molecule has 0 aliphatic carbocycles. The van der Waals surface area contributed by atoms with E-state index in [0.29, 0.717) is 17.9 Å². The van der Waals surface area contributed by atoms with E-state index in [1.54, 1.807) is 23.6 Å². The molecule has 0 bridgehead atoms. The number of rotatable bonds is 3. The summed E-state index contributed by atoms with van der Waals surface area (Å²) in [4.78, 5) is 19.1. The van der Waals surface area contributed by atoms with Gasteiger partial charge in [-0.15, -0.1) is 11.3 Å². The molecule has 0 N–H and O–H groups in total. The Balaban J connectivity index is 1.50. The number of aryl methyl sites for hydroxylation is 1. The molecule has 3 aromatic heterocycles. The Kier molecular flexibility index (Phi) is 3.93. The molecular formula is C17H18N4O2S. The maximum Gasteiger partial charge on any atom is 0.257 e. The van der Waals surface area contributed by atoms with Crippen LogP contribution in [0, 0.1) is 6.92 Å². The van der Waals surface area contributed by atoms with Gasteiger partial charge in [-0.3, -0.25) is 9.48 Å². The lowest BCUT2D eigenvalue weighted by Crippen LogP contribution is -2.40. The van der Waals surface area contributed by atoms with Crippen molar-refractivity contribution >= 4 is 17.2 Å². The van der Waals surface area contributed by atoms with Crippen molar-refractivity contribution in [2.75, 3.05) is 13.1 Å². The highest BCUT2D eigenvalue weighted by atomic mass is 32.1. The highest BCUT2D eigenvalue weighted by Crippen LogP contribution is 2.26. The molecule has 1 unspecified atom stereocenters. The molecule has 0 spiro atoms. The minimum atomic E-state index is 0.00816. The van der Waals surface area contributed by atoms with E-state index in [0.717, 1.165) is 30.1 Å². The van der Waals surface area contributed by atoms with Crippen LogP contribution in [0.15, 0.2) is 40.6 Å². The SMILES string of the molecule is Cc1nc(-c2cc(C(=O)N3CCCC(n4cccn4)C3)co2)cs1. The largest absolute Gasteiger partial charge is 0.462 e. The molecule has 4 heterocycles. The van der Waals surface area contributed by atoms with Gasteiger partial charge in [0.25, 0.3) is 5.91 Å². The number of hydrogen-bond donors (Lipinski definition) is 0. The number of aromatic nitrogens is 3. The second-order valence-corrected chi connectivity index (χ2v) is 7.05. The molecule has 1 atom stereocenters. The third-order valence-corrected chi connectivity index (χ3v) is 5.07. The van der Waals surface area contributed by atoms with Gasteiger partial charge in [0, 0.05) is 30.9 Å². The second kappa shape index (κ2) is 6.24. The number of hydrogen-bond acceptors (Lipinski definition) is 5. The first-order valence-electron chi connectivity index (χ1n) is 8.00. The fraction of sp³-hybridized carbons (Fsp3) is 0.353. The van der Waals surface area contributed by atoms with Crippen LogP contribution in [0.25, 0.3) is 11.5 Å². The van der Waals surface area contributed by atoms with Crippen LogP contribution in [0.2, 0.25) is 0 Å². The number of carbonyl (C=O) groups is 1. The quantitative estimate of drug-likeness (QED) is 0.732. The summed E-state index contributed by atoms with van der Waals surface area (Å²) < 4.78 is 7.50. The van der Waals surface area contributed by atoms with Crippen molar-refractivity contribution in [3.05, 3.63) is 46.7 Å². The minimum Gasteiger partial charge on any atom is -0.462 e. The Morgan fingerprint density at radius 3 is 3.12 bits per heavy atom. The number of furan rings is 1. The third-order valence-electron chi connectivity index (χ3n) is 4.30. The smallest absolute Gasteiger partial charge is 0.257 e. The standard InChI is InChI=1S/C17H18N4O2S/c1-12-19-15(11-24-12)16-8-13(10-23-16)17(22)20-6-2-4-14(9-20)21-7-3-5-18-21/h3,5,7-8,10-11,14H,2,4,6,9H2,1H3. The van der Waals surface area contributed by atoms with Crippen LogP contribution in [0.4, 0.5) is 0 Å². The number of likely N-dealkylation sites (tertiary alicyclic amines) is 1. The zero-order valence-corrected chi connectivity index (χ0v) is 14.2. The third kappa shape index (κ3) is 2.87. The van der Waals surface area contributed by atoms with Crippen molar-refractivity contribution in [2.24, 2.45) is 0 Å². The molecule has 1 aliphatic heterocycles. The average Bonchev–Trinajstić information content (AvgIpc) is 3.35. The second-order valence-electron chi connectivity index (χ2n) is 5.98. The lowest BCUT2D eigenvalue weighted by molar-refractivity contribution is 0.0672. The lowest BCUT2D eigenvalue weighted by Gasteiger charge is -2.32. The van der Waals surface area contributed by atoms with Crippen LogP contribution in [0.1, 0.15) is 34.2 Å². The topological polar surface area (TPSA) is 64.2 Å². The van der Waals surface area contributed by atoms with Crippen LogP contribution in [-0.4, -0.2) is 38.7 Å². The summed E-state index contributed by atoms with van der Waals surface area (Å²) in [5.74, 6) is 0.650. The van der Waals surface area contributed by atoms with Gasteiger partial charge in [-0.2, -0.15) is 5.10 Å². The van der Waals surface area contributed by atoms with E-state index in [1.807, 2.05) is 34.1 Å². The molecule has 0 saturated carbocycles. The first-order chi connectivity index (χ1) is 11.7. The van der Waals surface area contributed by atoms with E-state index in [2.05, 4.69) is 10.1 Å². The van der Waals surface area contributed by atoms with Gasteiger partial charge in [-0.25, -0.2) is 4.98 Å². The van der Waals surface area contributed by atoms with Gasteiger partial charge in [0.1, 0.15) is 12.0 Å². The molecule has 1 aliphatic rings. The number of carbonyl (C=O) groups excluding carboxylic acids is 1. The fourth-order valence-electron chi connectivity index (χ4n) is 3.09. The van der Waals surface area contributed by atoms with E-state index >= 15 is 0 Å². The number of thiazole rings is 1. The highest BCUT2D eigenvalue weighted by molar-refractivity contribution is 7.09. The van der Waals surface area contributed by atoms with Crippen molar-refractivity contribution in [1.29, 1.82) is 0 Å². The molecular weight excluding hydrogens is 324 g/mol. The normalized spacial score (nSPS) is 18.0. The number of amides is 1. The van der Waals surface area contributed by atoms with Crippen LogP contribution >= 0.6 is 11.3 Å². The summed E-state index contributed by atoms with van der Waals surface area (Å²) in [6, 6.07) is 3.94. The first-order valence-corrected chi connectivity index (χ1v) is 8.88. The molecule has 24 heavy (non-hydrogen) atoms. The zero-order valence-electron chi connectivity index (χ0n) is 13.4. The van der Waals surface area contributed by atoms with Gasteiger partial charge in [0.15, 0.2) is 5.76 Å². The summed E-state index contributed by atoms with van der Waals surface area (Å²) in [6.07, 6.45) is 7.29. The predicted molar refractivity (Wildman–Crippen MR) is 91.0 cm³/mol. The molecule has 124 valence electrons. The Morgan fingerprint density at radius 2 is 2.38 bits per heavy atom. The summed E-state index contributed by atoms with van der Waals surface area (Å²) in [7, 11) is 0. The van der Waals surface area contributed by atoms with Gasteiger partial charge < -0.3 is 9.32 Å². The summed E-state index contributed by atoms with van der Waals surface area (Å²) in [6.45, 7) is 3.40. The molecule has 4 rings (SSSR count). The van der Waals surface area contributed by atoms with Gasteiger partial charge in [0.2, 0.25) is 0 Å².